The molecule has 0 N–H and O–H groups in total. The minimum Gasteiger partial charge on any atom is -0.207 e. The monoisotopic (exact) mass is 317 g/mol. The topological polar surface area (TPSA) is 37.4 Å². The Morgan fingerprint density at radius 1 is 1.05 bits per heavy atom. The van der Waals surface area contributed by atoms with E-state index in [1.807, 2.05) is 26.0 Å². The average molecular weight is 318 g/mol. The lowest BCUT2D eigenvalue weighted by Crippen LogP contribution is -2.32. The molecule has 0 aliphatic carbocycles. The number of alkyl halides is 1. The Labute approximate surface area is 128 Å². The maximum Gasteiger partial charge on any atom is 0.243 e. The van der Waals surface area contributed by atoms with Crippen LogP contribution < -0.4 is 0 Å². The molecule has 0 amide bonds. The van der Waals surface area contributed by atoms with E-state index in [2.05, 4.69) is 0 Å². The number of rotatable bonds is 9. The standard InChI is InChI=1S/C15H24ClNO2S/c1-3-12-17(13-4-2)20(18,19)15-9-7-14(8-10-15)6-5-11-16/h7-10H,3-6,11-13H2,1-2H3. The van der Waals surface area contributed by atoms with Gasteiger partial charge in [-0.3, -0.25) is 0 Å². The van der Waals surface area contributed by atoms with Crippen molar-refractivity contribution >= 4 is 21.6 Å². The second-order valence-electron chi connectivity index (χ2n) is 4.84. The summed E-state index contributed by atoms with van der Waals surface area (Å²) in [4.78, 5) is 0.383. The molecule has 5 heteroatoms. The molecule has 1 rings (SSSR count). The highest BCUT2D eigenvalue weighted by molar-refractivity contribution is 7.89. The molecule has 0 aliphatic rings. The first-order valence-electron chi connectivity index (χ1n) is 7.21. The molecule has 0 heterocycles. The Bertz CT molecular complexity index is 479. The van der Waals surface area contributed by atoms with Crippen LogP contribution in [0.4, 0.5) is 0 Å². The molecule has 0 radical (unpaired) electrons. The van der Waals surface area contributed by atoms with E-state index in [-0.39, 0.29) is 0 Å². The molecule has 0 atom stereocenters. The van der Waals surface area contributed by atoms with Gasteiger partial charge in [0.25, 0.3) is 0 Å². The summed E-state index contributed by atoms with van der Waals surface area (Å²) in [5.41, 5.74) is 1.13. The number of halogens is 1. The fourth-order valence-corrected chi connectivity index (χ4v) is 3.86. The van der Waals surface area contributed by atoms with Gasteiger partial charge in [-0.25, -0.2) is 8.42 Å². The van der Waals surface area contributed by atoms with Crippen LogP contribution in [0.15, 0.2) is 29.2 Å². The maximum absolute atomic E-state index is 12.5. The van der Waals surface area contributed by atoms with Gasteiger partial charge in [-0.15, -0.1) is 11.6 Å². The molecule has 0 saturated carbocycles. The Kier molecular flexibility index (Phi) is 7.56. The van der Waals surface area contributed by atoms with Crippen LogP contribution in [0, 0.1) is 0 Å². The summed E-state index contributed by atoms with van der Waals surface area (Å²) >= 11 is 5.66. The van der Waals surface area contributed by atoms with E-state index in [0.29, 0.717) is 23.9 Å². The van der Waals surface area contributed by atoms with E-state index in [1.54, 1.807) is 16.4 Å². The summed E-state index contributed by atoms with van der Waals surface area (Å²) in [7, 11) is -3.36. The quantitative estimate of drug-likeness (QED) is 0.652. The van der Waals surface area contributed by atoms with Gasteiger partial charge in [0.05, 0.1) is 4.90 Å². The van der Waals surface area contributed by atoms with Gasteiger partial charge in [0.2, 0.25) is 10.0 Å². The van der Waals surface area contributed by atoms with Crippen LogP contribution in [0.25, 0.3) is 0 Å². The third kappa shape index (κ3) is 4.76. The second kappa shape index (κ2) is 8.65. The highest BCUT2D eigenvalue weighted by atomic mass is 35.5. The van der Waals surface area contributed by atoms with E-state index < -0.39 is 10.0 Å². The molecular formula is C15H24ClNO2S. The molecule has 0 unspecified atom stereocenters. The van der Waals surface area contributed by atoms with Crippen LogP contribution in [0.5, 0.6) is 0 Å². The van der Waals surface area contributed by atoms with Crippen molar-refractivity contribution in [2.24, 2.45) is 0 Å². The van der Waals surface area contributed by atoms with Crippen LogP contribution in [0.3, 0.4) is 0 Å². The first-order chi connectivity index (χ1) is 9.56. The van der Waals surface area contributed by atoms with Gasteiger partial charge in [-0.2, -0.15) is 4.31 Å². The maximum atomic E-state index is 12.5. The Balaban J connectivity index is 2.90. The molecule has 3 nitrogen and oxygen atoms in total. The minimum absolute atomic E-state index is 0.383. The van der Waals surface area contributed by atoms with Crippen molar-refractivity contribution in [1.29, 1.82) is 0 Å². The van der Waals surface area contributed by atoms with Gasteiger partial charge < -0.3 is 0 Å². The highest BCUT2D eigenvalue weighted by Crippen LogP contribution is 2.18. The van der Waals surface area contributed by atoms with Crippen molar-refractivity contribution in [3.63, 3.8) is 0 Å². The molecule has 1 aromatic rings. The first kappa shape index (κ1) is 17.5. The van der Waals surface area contributed by atoms with E-state index in [4.69, 9.17) is 11.6 Å². The van der Waals surface area contributed by atoms with Gasteiger partial charge in [0, 0.05) is 19.0 Å². The SMILES string of the molecule is CCCN(CCC)S(=O)(=O)c1ccc(CCCCl)cc1. The third-order valence-corrected chi connectivity index (χ3v) is 5.29. The molecule has 0 fully saturated rings. The van der Waals surface area contributed by atoms with Crippen molar-refractivity contribution in [2.75, 3.05) is 19.0 Å². The Hall–Kier alpha value is -0.580. The van der Waals surface area contributed by atoms with Crippen molar-refractivity contribution in [3.05, 3.63) is 29.8 Å². The summed E-state index contributed by atoms with van der Waals surface area (Å²) in [6, 6.07) is 7.18. The first-order valence-corrected chi connectivity index (χ1v) is 9.18. The summed E-state index contributed by atoms with van der Waals surface area (Å²) in [6.45, 7) is 5.13. The van der Waals surface area contributed by atoms with E-state index in [1.165, 1.54) is 0 Å². The zero-order valence-corrected chi connectivity index (χ0v) is 13.9. The lowest BCUT2D eigenvalue weighted by molar-refractivity contribution is 0.410. The number of hydrogen-bond acceptors (Lipinski definition) is 2. The van der Waals surface area contributed by atoms with Crippen LogP contribution >= 0.6 is 11.6 Å². The average Bonchev–Trinajstić information content (AvgIpc) is 2.45. The number of nitrogens with zero attached hydrogens (tertiary/aromatic N) is 1. The highest BCUT2D eigenvalue weighted by Gasteiger charge is 2.22. The molecule has 0 spiro atoms. The van der Waals surface area contributed by atoms with Gasteiger partial charge in [-0.1, -0.05) is 26.0 Å². The summed E-state index contributed by atoms with van der Waals surface area (Å²) in [6.07, 6.45) is 3.45. The summed E-state index contributed by atoms with van der Waals surface area (Å²) < 4.78 is 26.7. The van der Waals surface area contributed by atoms with Crippen molar-refractivity contribution < 1.29 is 8.42 Å². The predicted molar refractivity (Wildman–Crippen MR) is 84.8 cm³/mol. The third-order valence-electron chi connectivity index (χ3n) is 3.11. The lowest BCUT2D eigenvalue weighted by Gasteiger charge is -2.21. The molecule has 0 saturated heterocycles. The normalized spacial score (nSPS) is 12.0. The zero-order chi connectivity index (χ0) is 15.0. The van der Waals surface area contributed by atoms with Gasteiger partial charge in [-0.05, 0) is 43.4 Å². The van der Waals surface area contributed by atoms with E-state index in [9.17, 15) is 8.42 Å². The largest absolute Gasteiger partial charge is 0.243 e. The van der Waals surface area contributed by atoms with Crippen molar-refractivity contribution in [2.45, 2.75) is 44.4 Å². The Morgan fingerprint density at radius 2 is 1.60 bits per heavy atom. The summed E-state index contributed by atoms with van der Waals surface area (Å²) in [5.74, 6) is 0.626. The fourth-order valence-electron chi connectivity index (χ4n) is 2.10. The predicted octanol–water partition coefficient (Wildman–Crippen LogP) is 3.67. The van der Waals surface area contributed by atoms with E-state index in [0.717, 1.165) is 31.2 Å². The smallest absolute Gasteiger partial charge is 0.207 e. The number of sulfonamides is 1. The number of hydrogen-bond donors (Lipinski definition) is 0. The number of benzene rings is 1. The molecule has 0 aromatic heterocycles. The fraction of sp³-hybridized carbons (Fsp3) is 0.600. The molecule has 0 bridgehead atoms. The second-order valence-corrected chi connectivity index (χ2v) is 7.16. The Morgan fingerprint density at radius 3 is 2.05 bits per heavy atom. The van der Waals surface area contributed by atoms with Gasteiger partial charge in [0.15, 0.2) is 0 Å². The van der Waals surface area contributed by atoms with Gasteiger partial charge >= 0.3 is 0 Å². The molecular weight excluding hydrogens is 294 g/mol. The van der Waals surface area contributed by atoms with Crippen LogP contribution in [-0.4, -0.2) is 31.7 Å². The summed E-state index contributed by atoms with van der Waals surface area (Å²) in [5, 5.41) is 0. The van der Waals surface area contributed by atoms with Crippen LogP contribution in [-0.2, 0) is 16.4 Å². The van der Waals surface area contributed by atoms with Gasteiger partial charge in [0.1, 0.15) is 0 Å². The molecule has 114 valence electrons. The van der Waals surface area contributed by atoms with E-state index >= 15 is 0 Å². The van der Waals surface area contributed by atoms with Crippen molar-refractivity contribution in [3.8, 4) is 0 Å². The van der Waals surface area contributed by atoms with Crippen molar-refractivity contribution in [1.82, 2.24) is 4.31 Å². The van der Waals surface area contributed by atoms with Crippen LogP contribution in [0.1, 0.15) is 38.7 Å². The molecule has 20 heavy (non-hydrogen) atoms. The molecule has 0 aliphatic heterocycles. The minimum atomic E-state index is -3.36. The van der Waals surface area contributed by atoms with Crippen LogP contribution in [0.2, 0.25) is 0 Å². The number of aryl methyl sites for hydroxylation is 1. The lowest BCUT2D eigenvalue weighted by atomic mass is 10.1. The molecule has 1 aromatic carbocycles. The zero-order valence-electron chi connectivity index (χ0n) is 12.3.